The van der Waals surface area contributed by atoms with E-state index in [1.165, 1.54) is 7.11 Å². The van der Waals surface area contributed by atoms with Crippen LogP contribution in [0.4, 0.5) is 0 Å². The van der Waals surface area contributed by atoms with Gasteiger partial charge in [0.05, 0.1) is 25.9 Å². The van der Waals surface area contributed by atoms with E-state index in [1.54, 1.807) is 17.0 Å². The minimum atomic E-state index is -0.948. The number of benzene rings is 1. The number of esters is 1. The highest BCUT2D eigenvalue weighted by atomic mass is 35.5. The molecule has 1 aromatic rings. The fraction of sp³-hybridized carbons (Fsp3) is 0.579. The fourth-order valence-corrected chi connectivity index (χ4v) is 3.73. The molecule has 0 aromatic heterocycles. The number of hydrogen-bond acceptors (Lipinski definition) is 5. The van der Waals surface area contributed by atoms with E-state index < -0.39 is 30.6 Å². The van der Waals surface area contributed by atoms with Gasteiger partial charge in [-0.2, -0.15) is 0 Å². The predicted molar refractivity (Wildman–Crippen MR) is 97.6 cm³/mol. The van der Waals surface area contributed by atoms with Crippen LogP contribution < -0.4 is 0 Å². The molecule has 4 atom stereocenters. The Morgan fingerprint density at radius 3 is 2.54 bits per heavy atom. The average molecular weight is 384 g/mol. The van der Waals surface area contributed by atoms with E-state index in [2.05, 4.69) is 0 Å². The molecule has 1 aliphatic rings. The van der Waals surface area contributed by atoms with Gasteiger partial charge in [-0.15, -0.1) is 0 Å². The Kier molecular flexibility index (Phi) is 7.43. The topological polar surface area (TPSA) is 87.1 Å². The van der Waals surface area contributed by atoms with Crippen LogP contribution in [0.1, 0.15) is 44.2 Å². The third kappa shape index (κ3) is 4.55. The molecule has 26 heavy (non-hydrogen) atoms. The number of ether oxygens (including phenoxy) is 1. The van der Waals surface area contributed by atoms with E-state index in [0.717, 1.165) is 5.56 Å². The number of piperidine rings is 1. The standard InChI is InChI=1S/C19H26ClNO5/c1-3-16(19(25)26-2)21-17(12-4-7-14(20)8-5-12)9-6-13(18(21)24)10-15(23)11-22/h4-5,7-8,13,15-17,22-23H,3,6,9-11H2,1-2H3. The van der Waals surface area contributed by atoms with Crippen LogP contribution in [0.25, 0.3) is 0 Å². The fourth-order valence-electron chi connectivity index (χ4n) is 3.60. The summed E-state index contributed by atoms with van der Waals surface area (Å²) in [6.07, 6.45) is 0.895. The number of aliphatic hydroxyl groups excluding tert-OH is 2. The van der Waals surface area contributed by atoms with E-state index >= 15 is 0 Å². The molecule has 4 unspecified atom stereocenters. The summed E-state index contributed by atoms with van der Waals surface area (Å²) in [6.45, 7) is 1.44. The van der Waals surface area contributed by atoms with Crippen LogP contribution in [0.5, 0.6) is 0 Å². The van der Waals surface area contributed by atoms with Crippen molar-refractivity contribution in [2.45, 2.75) is 50.8 Å². The Balaban J connectivity index is 2.36. The van der Waals surface area contributed by atoms with Gasteiger partial charge in [0.15, 0.2) is 0 Å². The van der Waals surface area contributed by atoms with Crippen molar-refractivity contribution in [3.63, 3.8) is 0 Å². The Labute approximate surface area is 158 Å². The monoisotopic (exact) mass is 383 g/mol. The lowest BCUT2D eigenvalue weighted by atomic mass is 9.84. The van der Waals surface area contributed by atoms with Gasteiger partial charge in [0.1, 0.15) is 6.04 Å². The van der Waals surface area contributed by atoms with Crippen molar-refractivity contribution in [3.05, 3.63) is 34.9 Å². The summed E-state index contributed by atoms with van der Waals surface area (Å²) in [7, 11) is 1.31. The SMILES string of the molecule is CCC(C(=O)OC)N1C(=O)C(CC(O)CO)CCC1c1ccc(Cl)cc1. The summed E-state index contributed by atoms with van der Waals surface area (Å²) in [5, 5.41) is 19.4. The number of methoxy groups -OCH3 is 1. The van der Waals surface area contributed by atoms with Crippen LogP contribution in [0.15, 0.2) is 24.3 Å². The molecule has 0 spiro atoms. The van der Waals surface area contributed by atoms with E-state index in [9.17, 15) is 14.7 Å². The molecule has 1 amide bonds. The highest BCUT2D eigenvalue weighted by Crippen LogP contribution is 2.38. The third-order valence-electron chi connectivity index (χ3n) is 4.95. The first-order chi connectivity index (χ1) is 12.4. The summed E-state index contributed by atoms with van der Waals surface area (Å²) in [4.78, 5) is 27.0. The van der Waals surface area contributed by atoms with Gasteiger partial charge >= 0.3 is 5.97 Å². The summed E-state index contributed by atoms with van der Waals surface area (Å²) < 4.78 is 4.90. The summed E-state index contributed by atoms with van der Waals surface area (Å²) in [6, 6.07) is 6.30. The lowest BCUT2D eigenvalue weighted by molar-refractivity contribution is -0.160. The second kappa shape index (κ2) is 9.35. The molecule has 1 saturated heterocycles. The highest BCUT2D eigenvalue weighted by Gasteiger charge is 2.42. The van der Waals surface area contributed by atoms with E-state index in [4.69, 9.17) is 21.4 Å². The van der Waals surface area contributed by atoms with Crippen molar-refractivity contribution in [2.75, 3.05) is 13.7 Å². The minimum absolute atomic E-state index is 0.177. The summed E-state index contributed by atoms with van der Waals surface area (Å²) >= 11 is 5.97. The van der Waals surface area contributed by atoms with Gasteiger partial charge in [-0.25, -0.2) is 4.79 Å². The van der Waals surface area contributed by atoms with Gasteiger partial charge in [-0.3, -0.25) is 4.79 Å². The van der Waals surface area contributed by atoms with Crippen molar-refractivity contribution in [1.82, 2.24) is 4.90 Å². The van der Waals surface area contributed by atoms with Crippen LogP contribution in [0.3, 0.4) is 0 Å². The zero-order valence-electron chi connectivity index (χ0n) is 15.1. The molecular formula is C19H26ClNO5. The Morgan fingerprint density at radius 1 is 1.35 bits per heavy atom. The van der Waals surface area contributed by atoms with Gasteiger partial charge < -0.3 is 19.8 Å². The number of aliphatic hydroxyl groups is 2. The first kappa shape index (κ1) is 20.7. The van der Waals surface area contributed by atoms with Gasteiger partial charge in [0, 0.05) is 10.9 Å². The molecule has 0 radical (unpaired) electrons. The van der Waals surface area contributed by atoms with Crippen molar-refractivity contribution in [2.24, 2.45) is 5.92 Å². The van der Waals surface area contributed by atoms with Crippen LogP contribution in [0, 0.1) is 5.92 Å². The second-order valence-corrected chi connectivity index (χ2v) is 7.04. The van der Waals surface area contributed by atoms with Crippen LogP contribution in [0.2, 0.25) is 5.02 Å². The van der Waals surface area contributed by atoms with E-state index in [1.807, 2.05) is 19.1 Å². The van der Waals surface area contributed by atoms with Gasteiger partial charge in [0.2, 0.25) is 5.91 Å². The molecule has 1 aromatic carbocycles. The van der Waals surface area contributed by atoms with Gasteiger partial charge in [-0.1, -0.05) is 30.7 Å². The summed E-state index contributed by atoms with van der Waals surface area (Å²) in [5.74, 6) is -1.08. The maximum absolute atomic E-state index is 13.1. The number of halogens is 1. The zero-order valence-corrected chi connectivity index (χ0v) is 15.9. The maximum Gasteiger partial charge on any atom is 0.328 e. The first-order valence-electron chi connectivity index (χ1n) is 8.87. The number of amides is 1. The molecule has 144 valence electrons. The molecule has 1 heterocycles. The number of rotatable bonds is 7. The van der Waals surface area contributed by atoms with Gasteiger partial charge in [-0.05, 0) is 43.4 Å². The molecule has 1 fully saturated rings. The number of likely N-dealkylation sites (tertiary alicyclic amines) is 1. The minimum Gasteiger partial charge on any atom is -0.467 e. The second-order valence-electron chi connectivity index (χ2n) is 6.61. The molecular weight excluding hydrogens is 358 g/mol. The predicted octanol–water partition coefficient (Wildman–Crippen LogP) is 2.31. The van der Waals surface area contributed by atoms with E-state index in [-0.39, 0.29) is 18.4 Å². The first-order valence-corrected chi connectivity index (χ1v) is 9.25. The molecule has 1 aliphatic heterocycles. The molecule has 2 rings (SSSR count). The molecule has 0 saturated carbocycles. The van der Waals surface area contributed by atoms with Crippen LogP contribution in [-0.2, 0) is 14.3 Å². The molecule has 0 aliphatic carbocycles. The van der Waals surface area contributed by atoms with Crippen LogP contribution >= 0.6 is 11.6 Å². The van der Waals surface area contributed by atoms with Crippen molar-refractivity contribution < 1.29 is 24.5 Å². The Hall–Kier alpha value is -1.63. The average Bonchev–Trinajstić information content (AvgIpc) is 2.65. The molecule has 6 nitrogen and oxygen atoms in total. The lowest BCUT2D eigenvalue weighted by Gasteiger charge is -2.43. The number of nitrogens with zero attached hydrogens (tertiary/aromatic N) is 1. The Morgan fingerprint density at radius 2 is 2.00 bits per heavy atom. The normalized spacial score (nSPS) is 22.8. The zero-order chi connectivity index (χ0) is 19.3. The van der Waals surface area contributed by atoms with E-state index in [0.29, 0.717) is 24.3 Å². The maximum atomic E-state index is 13.1. The quantitative estimate of drug-likeness (QED) is 0.705. The number of carbonyl (C=O) groups excluding carboxylic acids is 2. The number of carbonyl (C=O) groups is 2. The third-order valence-corrected chi connectivity index (χ3v) is 5.20. The van der Waals surface area contributed by atoms with Crippen molar-refractivity contribution in [1.29, 1.82) is 0 Å². The molecule has 2 N–H and O–H groups in total. The number of hydrogen-bond donors (Lipinski definition) is 2. The van der Waals surface area contributed by atoms with Gasteiger partial charge in [0.25, 0.3) is 0 Å². The largest absolute Gasteiger partial charge is 0.467 e. The molecule has 0 bridgehead atoms. The van der Waals surface area contributed by atoms with Crippen molar-refractivity contribution in [3.8, 4) is 0 Å². The smallest absolute Gasteiger partial charge is 0.328 e. The summed E-state index contributed by atoms with van der Waals surface area (Å²) in [5.41, 5.74) is 0.909. The molecule has 7 heteroatoms. The highest BCUT2D eigenvalue weighted by molar-refractivity contribution is 6.30. The Bertz CT molecular complexity index is 621. The van der Waals surface area contributed by atoms with Crippen molar-refractivity contribution >= 4 is 23.5 Å². The lowest BCUT2D eigenvalue weighted by Crippen LogP contribution is -2.52. The van der Waals surface area contributed by atoms with Crippen LogP contribution in [-0.4, -0.2) is 52.9 Å².